The Balaban J connectivity index is 2.83. The van der Waals surface area contributed by atoms with Gasteiger partial charge >= 0.3 is 0 Å². The molecule has 0 aromatic rings. The monoisotopic (exact) mass is 195 g/mol. The number of hydroxylamine groups is 2. The van der Waals surface area contributed by atoms with Crippen LogP contribution in [0.4, 0.5) is 0 Å². The lowest BCUT2D eigenvalue weighted by Gasteiger charge is -2.17. The first-order chi connectivity index (χ1) is 6.50. The number of Topliss-reactive ketones (excluding diaryl/α,β-unsaturated/α-hetero) is 1. The molecule has 0 aliphatic heterocycles. The topological polar surface area (TPSA) is 57.6 Å². The molecule has 0 aromatic carbocycles. The van der Waals surface area contributed by atoms with E-state index in [1.54, 1.807) is 13.8 Å². The van der Waals surface area contributed by atoms with Gasteiger partial charge in [0.15, 0.2) is 11.6 Å². The largest absolute Gasteiger partial charge is 0.294 e. The average Bonchev–Trinajstić information content (AvgIpc) is 2.09. The van der Waals surface area contributed by atoms with Crippen molar-refractivity contribution >= 4 is 11.6 Å². The van der Waals surface area contributed by atoms with Crippen molar-refractivity contribution < 1.29 is 14.8 Å². The van der Waals surface area contributed by atoms with Crippen LogP contribution in [-0.4, -0.2) is 27.9 Å². The van der Waals surface area contributed by atoms with Crippen LogP contribution in [0.5, 0.6) is 0 Å². The molecule has 0 aromatic heterocycles. The summed E-state index contributed by atoms with van der Waals surface area (Å²) in [4.78, 5) is 22.1. The van der Waals surface area contributed by atoms with Gasteiger partial charge in [-0.1, -0.05) is 0 Å². The van der Waals surface area contributed by atoms with E-state index in [2.05, 4.69) is 0 Å². The summed E-state index contributed by atoms with van der Waals surface area (Å²) in [5.41, 5.74) is 0.362. The van der Waals surface area contributed by atoms with E-state index in [4.69, 9.17) is 0 Å². The van der Waals surface area contributed by atoms with Crippen LogP contribution in [0, 0.1) is 0 Å². The molecule has 1 aliphatic carbocycles. The molecule has 1 rings (SSSR count). The van der Waals surface area contributed by atoms with Crippen molar-refractivity contribution in [2.75, 3.05) is 0 Å². The van der Waals surface area contributed by atoms with Gasteiger partial charge in [0.25, 0.3) is 0 Å². The van der Waals surface area contributed by atoms with Crippen LogP contribution >= 0.6 is 0 Å². The maximum absolute atomic E-state index is 11.3. The highest BCUT2D eigenvalue weighted by Gasteiger charge is 2.17. The maximum atomic E-state index is 11.3. The standard InChI is InChI=1S/C10H13NO3/c1-7(2)11(14)6-8-3-4-9(12)5-10(8)13/h3-4,6-7,14H,5H2,1-2H3. The zero-order valence-corrected chi connectivity index (χ0v) is 8.23. The summed E-state index contributed by atoms with van der Waals surface area (Å²) < 4.78 is 0. The summed E-state index contributed by atoms with van der Waals surface area (Å²) in [5.74, 6) is -0.446. The lowest BCUT2D eigenvalue weighted by molar-refractivity contribution is -0.123. The molecular formula is C10H13NO3. The van der Waals surface area contributed by atoms with Crippen molar-refractivity contribution in [2.24, 2.45) is 0 Å². The Hall–Kier alpha value is -1.42. The first kappa shape index (κ1) is 10.7. The zero-order valence-electron chi connectivity index (χ0n) is 8.23. The molecule has 76 valence electrons. The Morgan fingerprint density at radius 1 is 1.43 bits per heavy atom. The summed E-state index contributed by atoms with van der Waals surface area (Å²) in [7, 11) is 0. The maximum Gasteiger partial charge on any atom is 0.172 e. The van der Waals surface area contributed by atoms with Gasteiger partial charge in [0.2, 0.25) is 0 Å². The van der Waals surface area contributed by atoms with Gasteiger partial charge in [-0.2, -0.15) is 0 Å². The van der Waals surface area contributed by atoms with Crippen molar-refractivity contribution in [3.05, 3.63) is 23.9 Å². The molecule has 4 nitrogen and oxygen atoms in total. The zero-order chi connectivity index (χ0) is 10.7. The van der Waals surface area contributed by atoms with Gasteiger partial charge in [0.05, 0.1) is 12.5 Å². The molecule has 0 fully saturated rings. The number of ketones is 2. The van der Waals surface area contributed by atoms with Gasteiger partial charge in [0, 0.05) is 11.8 Å². The van der Waals surface area contributed by atoms with Gasteiger partial charge in [-0.3, -0.25) is 19.9 Å². The minimum Gasteiger partial charge on any atom is -0.294 e. The molecule has 0 radical (unpaired) electrons. The molecule has 0 atom stereocenters. The number of nitrogens with zero attached hydrogens (tertiary/aromatic N) is 1. The van der Waals surface area contributed by atoms with Crippen LogP contribution in [0.2, 0.25) is 0 Å². The Kier molecular flexibility index (Phi) is 3.19. The van der Waals surface area contributed by atoms with Gasteiger partial charge < -0.3 is 0 Å². The number of carbonyl (C=O) groups excluding carboxylic acids is 2. The SMILES string of the molecule is CC(C)N(O)C=C1C=CC(=O)CC1=O. The fourth-order valence-electron chi connectivity index (χ4n) is 1.00. The Bertz CT molecular complexity index is 315. The van der Waals surface area contributed by atoms with E-state index in [1.165, 1.54) is 18.4 Å². The van der Waals surface area contributed by atoms with E-state index in [0.717, 1.165) is 5.06 Å². The fraction of sp³-hybridized carbons (Fsp3) is 0.400. The predicted octanol–water partition coefficient (Wildman–Crippen LogP) is 1.07. The Morgan fingerprint density at radius 2 is 2.07 bits per heavy atom. The highest BCUT2D eigenvalue weighted by molar-refractivity contribution is 6.15. The summed E-state index contributed by atoms with van der Waals surface area (Å²) in [6, 6.07) is -0.0960. The third kappa shape index (κ3) is 2.53. The van der Waals surface area contributed by atoms with Crippen LogP contribution in [0.25, 0.3) is 0 Å². The highest BCUT2D eigenvalue weighted by atomic mass is 16.5. The van der Waals surface area contributed by atoms with Gasteiger partial charge in [-0.25, -0.2) is 0 Å². The molecule has 1 aliphatic rings. The fourth-order valence-corrected chi connectivity index (χ4v) is 1.00. The molecule has 0 amide bonds. The van der Waals surface area contributed by atoms with E-state index in [9.17, 15) is 14.8 Å². The predicted molar refractivity (Wildman–Crippen MR) is 50.6 cm³/mol. The van der Waals surface area contributed by atoms with Crippen molar-refractivity contribution in [1.82, 2.24) is 5.06 Å². The van der Waals surface area contributed by atoms with E-state index in [0.29, 0.717) is 5.57 Å². The van der Waals surface area contributed by atoms with Gasteiger partial charge in [0.1, 0.15) is 0 Å². The third-order valence-corrected chi connectivity index (χ3v) is 1.91. The smallest absolute Gasteiger partial charge is 0.172 e. The normalized spacial score (nSPS) is 19.6. The van der Waals surface area contributed by atoms with Crippen molar-refractivity contribution in [1.29, 1.82) is 0 Å². The van der Waals surface area contributed by atoms with Crippen LogP contribution in [-0.2, 0) is 9.59 Å². The summed E-state index contributed by atoms with van der Waals surface area (Å²) in [6.45, 7) is 3.58. The highest BCUT2D eigenvalue weighted by Crippen LogP contribution is 2.11. The van der Waals surface area contributed by atoms with Crippen LogP contribution < -0.4 is 0 Å². The number of rotatable bonds is 2. The van der Waals surface area contributed by atoms with Crippen molar-refractivity contribution in [3.63, 3.8) is 0 Å². The van der Waals surface area contributed by atoms with E-state index >= 15 is 0 Å². The van der Waals surface area contributed by atoms with Crippen LogP contribution in [0.1, 0.15) is 20.3 Å². The summed E-state index contributed by atoms with van der Waals surface area (Å²) >= 11 is 0. The molecular weight excluding hydrogens is 182 g/mol. The van der Waals surface area contributed by atoms with E-state index in [1.807, 2.05) is 0 Å². The molecule has 14 heavy (non-hydrogen) atoms. The number of hydrogen-bond acceptors (Lipinski definition) is 4. The number of hydrogen-bond donors (Lipinski definition) is 1. The molecule has 0 unspecified atom stereocenters. The summed E-state index contributed by atoms with van der Waals surface area (Å²) in [5, 5.41) is 10.3. The first-order valence-electron chi connectivity index (χ1n) is 4.44. The molecule has 0 bridgehead atoms. The minimum atomic E-state index is -0.253. The molecule has 0 heterocycles. The second-order valence-electron chi connectivity index (χ2n) is 3.46. The molecule has 1 N–H and O–H groups in total. The second kappa shape index (κ2) is 4.19. The van der Waals surface area contributed by atoms with Crippen molar-refractivity contribution in [2.45, 2.75) is 26.3 Å². The van der Waals surface area contributed by atoms with Crippen molar-refractivity contribution in [3.8, 4) is 0 Å². The lowest BCUT2D eigenvalue weighted by atomic mass is 10.0. The lowest BCUT2D eigenvalue weighted by Crippen LogP contribution is -2.23. The molecule has 0 saturated heterocycles. The Morgan fingerprint density at radius 3 is 2.57 bits per heavy atom. The number of allylic oxidation sites excluding steroid dienone is 3. The first-order valence-corrected chi connectivity index (χ1v) is 4.44. The second-order valence-corrected chi connectivity index (χ2v) is 3.46. The van der Waals surface area contributed by atoms with Crippen LogP contribution in [0.15, 0.2) is 23.9 Å². The van der Waals surface area contributed by atoms with Crippen LogP contribution in [0.3, 0.4) is 0 Å². The quantitative estimate of drug-likeness (QED) is 0.407. The number of carbonyl (C=O) groups is 2. The third-order valence-electron chi connectivity index (χ3n) is 1.91. The average molecular weight is 195 g/mol. The summed E-state index contributed by atoms with van der Waals surface area (Å²) in [6.07, 6.45) is 4.02. The minimum absolute atomic E-state index is 0.0960. The molecule has 0 saturated carbocycles. The Labute approximate surface area is 82.5 Å². The van der Waals surface area contributed by atoms with Gasteiger partial charge in [-0.15, -0.1) is 0 Å². The van der Waals surface area contributed by atoms with Gasteiger partial charge in [-0.05, 0) is 26.0 Å². The van der Waals surface area contributed by atoms with E-state index in [-0.39, 0.29) is 24.0 Å². The molecule has 0 spiro atoms. The molecule has 4 heteroatoms. The van der Waals surface area contributed by atoms with E-state index < -0.39 is 0 Å².